The number of anilines is 1. The summed E-state index contributed by atoms with van der Waals surface area (Å²) in [7, 11) is 1.63. The number of nitrogens with one attached hydrogen (secondary N) is 1. The van der Waals surface area contributed by atoms with Crippen molar-refractivity contribution >= 4 is 85.9 Å². The lowest BCUT2D eigenvalue weighted by Crippen LogP contribution is -2.29. The minimum Gasteiger partial charge on any atom is -0.493 e. The molecule has 1 saturated heterocycles. The van der Waals surface area contributed by atoms with E-state index in [2.05, 4.69) is 10.3 Å². The molecular formula is C33H35Cl2N3O4S3. The predicted molar refractivity (Wildman–Crippen MR) is 189 cm³/mol. The van der Waals surface area contributed by atoms with Crippen LogP contribution < -0.4 is 14.8 Å². The van der Waals surface area contributed by atoms with E-state index in [4.69, 9.17) is 44.9 Å². The lowest BCUT2D eigenvalue weighted by molar-refractivity contribution is -0.122. The summed E-state index contributed by atoms with van der Waals surface area (Å²) in [5, 5.41) is 4.62. The molecule has 2 heterocycles. The predicted octanol–water partition coefficient (Wildman–Crippen LogP) is 9.16. The monoisotopic (exact) mass is 703 g/mol. The quantitative estimate of drug-likeness (QED) is 0.108. The Labute approximate surface area is 287 Å². The van der Waals surface area contributed by atoms with Crippen LogP contribution >= 0.6 is 58.5 Å². The Morgan fingerprint density at radius 3 is 2.62 bits per heavy atom. The molecule has 5 rings (SSSR count). The molecule has 238 valence electrons. The molecule has 1 aromatic heterocycles. The van der Waals surface area contributed by atoms with Gasteiger partial charge in [0, 0.05) is 40.5 Å². The van der Waals surface area contributed by atoms with E-state index in [-0.39, 0.29) is 17.9 Å². The fraction of sp³-hybridized carbons (Fsp3) is 0.394. The van der Waals surface area contributed by atoms with Gasteiger partial charge in [0.05, 0.1) is 18.1 Å². The van der Waals surface area contributed by atoms with Gasteiger partial charge in [-0.25, -0.2) is 4.98 Å². The maximum Gasteiger partial charge on any atom is 0.266 e. The summed E-state index contributed by atoms with van der Waals surface area (Å²) in [4.78, 5) is 33.2. The van der Waals surface area contributed by atoms with E-state index >= 15 is 0 Å². The molecular weight excluding hydrogens is 669 g/mol. The Morgan fingerprint density at radius 1 is 1.09 bits per heavy atom. The highest BCUT2D eigenvalue weighted by Crippen LogP contribution is 2.36. The smallest absolute Gasteiger partial charge is 0.266 e. The molecule has 0 unspecified atom stereocenters. The highest BCUT2D eigenvalue weighted by molar-refractivity contribution is 8.26. The van der Waals surface area contributed by atoms with Crippen LogP contribution in [0.1, 0.15) is 73.8 Å². The Morgan fingerprint density at radius 2 is 1.87 bits per heavy atom. The van der Waals surface area contributed by atoms with Gasteiger partial charge in [0.1, 0.15) is 4.32 Å². The van der Waals surface area contributed by atoms with Gasteiger partial charge in [-0.15, -0.1) is 11.3 Å². The van der Waals surface area contributed by atoms with Gasteiger partial charge in [-0.1, -0.05) is 66.1 Å². The number of carbonyl (C=O) groups excluding carboxylic acids is 2. The molecule has 3 aromatic rings. The van der Waals surface area contributed by atoms with Gasteiger partial charge in [-0.3, -0.25) is 14.5 Å². The van der Waals surface area contributed by atoms with Gasteiger partial charge in [0.2, 0.25) is 5.91 Å². The van der Waals surface area contributed by atoms with E-state index < -0.39 is 0 Å². The summed E-state index contributed by atoms with van der Waals surface area (Å²) in [5.41, 5.74) is 1.84. The molecule has 2 aromatic carbocycles. The SMILES string of the molecule is COc1cc(/C=C2\SC(=S)N(CCCCCC(=O)Nc3ncc(Cc4cc(Cl)cc(Cl)c4)s3)C2=O)ccc1OC1CCCCC1. The highest BCUT2D eigenvalue weighted by atomic mass is 35.5. The second kappa shape index (κ2) is 16.3. The number of thiocarbonyl (C=S) groups is 1. The van der Waals surface area contributed by atoms with Crippen LogP contribution in [0, 0.1) is 0 Å². The number of thioether (sulfide) groups is 1. The normalized spacial score (nSPS) is 16.4. The molecule has 0 bridgehead atoms. The number of rotatable bonds is 13. The summed E-state index contributed by atoms with van der Waals surface area (Å²) in [6, 6.07) is 11.2. The number of halogens is 2. The standard InChI is InChI=1S/C33H35Cl2N3O4S3/c1-41-28-17-21(11-12-27(28)42-25-8-4-2-5-9-25)18-29-31(40)38(33(43)45-29)13-7-3-6-10-30(39)37-32-36-20-26(44-32)16-22-14-23(34)19-24(35)15-22/h11-12,14-15,17-20,25H,2-10,13,16H2,1H3,(H,36,37,39)/b29-18-. The van der Waals surface area contributed by atoms with Crippen LogP contribution in [0.15, 0.2) is 47.5 Å². The molecule has 1 aliphatic heterocycles. The molecule has 0 atom stereocenters. The number of amides is 2. The van der Waals surface area contributed by atoms with Gasteiger partial charge in [0.15, 0.2) is 16.6 Å². The number of nitrogens with zero attached hydrogens (tertiary/aromatic N) is 2. The molecule has 1 saturated carbocycles. The summed E-state index contributed by atoms with van der Waals surface area (Å²) in [5.74, 6) is 1.22. The zero-order valence-corrected chi connectivity index (χ0v) is 28.9. The first kappa shape index (κ1) is 33.7. The molecule has 0 radical (unpaired) electrons. The number of methoxy groups -OCH3 is 1. The van der Waals surface area contributed by atoms with Crippen LogP contribution in [-0.2, 0) is 16.0 Å². The van der Waals surface area contributed by atoms with Crippen LogP contribution in [0.5, 0.6) is 11.5 Å². The average molecular weight is 705 g/mol. The largest absolute Gasteiger partial charge is 0.493 e. The molecule has 45 heavy (non-hydrogen) atoms. The van der Waals surface area contributed by atoms with Crippen molar-refractivity contribution in [1.29, 1.82) is 0 Å². The van der Waals surface area contributed by atoms with E-state index in [0.717, 1.165) is 47.4 Å². The van der Waals surface area contributed by atoms with Crippen LogP contribution in [0.25, 0.3) is 6.08 Å². The molecule has 0 spiro atoms. The zero-order chi connectivity index (χ0) is 31.8. The highest BCUT2D eigenvalue weighted by Gasteiger charge is 2.31. The van der Waals surface area contributed by atoms with Crippen molar-refractivity contribution in [2.75, 3.05) is 19.0 Å². The first-order valence-electron chi connectivity index (χ1n) is 15.1. The van der Waals surface area contributed by atoms with E-state index in [1.165, 1.54) is 42.4 Å². The number of aromatic nitrogens is 1. The summed E-state index contributed by atoms with van der Waals surface area (Å²) >= 11 is 20.5. The number of unbranched alkanes of at least 4 members (excludes halogenated alkanes) is 2. The summed E-state index contributed by atoms with van der Waals surface area (Å²) < 4.78 is 12.4. The molecule has 1 N–H and O–H groups in total. The van der Waals surface area contributed by atoms with E-state index in [9.17, 15) is 9.59 Å². The van der Waals surface area contributed by atoms with Gasteiger partial charge in [-0.05, 0) is 86.1 Å². The molecule has 12 heteroatoms. The molecule has 2 amide bonds. The summed E-state index contributed by atoms with van der Waals surface area (Å²) in [6.45, 7) is 0.518. The Kier molecular flexibility index (Phi) is 12.2. The lowest BCUT2D eigenvalue weighted by Gasteiger charge is -2.24. The Hall–Kier alpha value is -2.63. The van der Waals surface area contributed by atoms with Crippen molar-refractivity contribution in [2.45, 2.75) is 70.3 Å². The van der Waals surface area contributed by atoms with Crippen LogP contribution in [0.3, 0.4) is 0 Å². The van der Waals surface area contributed by atoms with Crippen molar-refractivity contribution in [3.63, 3.8) is 0 Å². The fourth-order valence-electron chi connectivity index (χ4n) is 5.35. The fourth-order valence-corrected chi connectivity index (χ4v) is 8.10. The first-order valence-corrected chi connectivity index (χ1v) is 17.9. The number of carbonyl (C=O) groups is 2. The van der Waals surface area contributed by atoms with E-state index in [1.807, 2.05) is 36.4 Å². The molecule has 7 nitrogen and oxygen atoms in total. The number of ether oxygens (including phenoxy) is 2. The van der Waals surface area contributed by atoms with Gasteiger partial charge < -0.3 is 14.8 Å². The molecule has 1 aliphatic carbocycles. The lowest BCUT2D eigenvalue weighted by atomic mass is 9.98. The second-order valence-electron chi connectivity index (χ2n) is 11.1. The minimum absolute atomic E-state index is 0.0826. The van der Waals surface area contributed by atoms with Crippen molar-refractivity contribution in [3.05, 3.63) is 73.5 Å². The second-order valence-corrected chi connectivity index (χ2v) is 14.7. The number of hydrogen-bond acceptors (Lipinski definition) is 8. The number of hydrogen-bond donors (Lipinski definition) is 1. The van der Waals surface area contributed by atoms with Gasteiger partial charge >= 0.3 is 0 Å². The van der Waals surface area contributed by atoms with Gasteiger partial charge in [0.25, 0.3) is 5.91 Å². The van der Waals surface area contributed by atoms with Crippen LogP contribution in [0.2, 0.25) is 10.0 Å². The maximum absolute atomic E-state index is 13.1. The third-order valence-electron chi connectivity index (χ3n) is 7.59. The van der Waals surface area contributed by atoms with Gasteiger partial charge in [-0.2, -0.15) is 0 Å². The van der Waals surface area contributed by atoms with Crippen molar-refractivity contribution in [1.82, 2.24) is 9.88 Å². The van der Waals surface area contributed by atoms with Crippen molar-refractivity contribution < 1.29 is 19.1 Å². The summed E-state index contributed by atoms with van der Waals surface area (Å²) in [6.07, 6.45) is 12.9. The topological polar surface area (TPSA) is 80.8 Å². The van der Waals surface area contributed by atoms with Crippen molar-refractivity contribution in [3.8, 4) is 11.5 Å². The maximum atomic E-state index is 13.1. The van der Waals surface area contributed by atoms with E-state index in [1.54, 1.807) is 24.3 Å². The van der Waals surface area contributed by atoms with Crippen LogP contribution in [-0.4, -0.2) is 45.8 Å². The average Bonchev–Trinajstić information content (AvgIpc) is 3.55. The third-order valence-corrected chi connectivity index (χ3v) is 10.3. The first-order chi connectivity index (χ1) is 21.8. The van der Waals surface area contributed by atoms with Crippen LogP contribution in [0.4, 0.5) is 5.13 Å². The third kappa shape index (κ3) is 9.68. The molecule has 2 aliphatic rings. The Balaban J connectivity index is 1.04. The number of benzene rings is 2. The zero-order valence-electron chi connectivity index (χ0n) is 25.0. The van der Waals surface area contributed by atoms with Crippen molar-refractivity contribution in [2.24, 2.45) is 0 Å². The Bertz CT molecular complexity index is 1550. The minimum atomic E-state index is -0.0936. The number of thiazole rings is 1. The molecule has 2 fully saturated rings. The van der Waals surface area contributed by atoms with E-state index in [0.29, 0.717) is 56.0 Å².